The largest absolute Gasteiger partial charge is 0.462 e. The van der Waals surface area contributed by atoms with Crippen molar-refractivity contribution < 1.29 is 14.3 Å². The van der Waals surface area contributed by atoms with Crippen LogP contribution in [0.5, 0.6) is 0 Å². The highest BCUT2D eigenvalue weighted by Gasteiger charge is 2.51. The van der Waals surface area contributed by atoms with Gasteiger partial charge in [-0.05, 0) is 44.6 Å². The first-order chi connectivity index (χ1) is 12.1. The Hall–Kier alpha value is -1.76. The van der Waals surface area contributed by atoms with Gasteiger partial charge in [-0.3, -0.25) is 4.79 Å². The molecular formula is C18H25N3O3S. The molecule has 0 aromatic carbocycles. The molecule has 6 nitrogen and oxygen atoms in total. The Kier molecular flexibility index (Phi) is 5.51. The van der Waals surface area contributed by atoms with E-state index in [1.165, 1.54) is 0 Å². The van der Waals surface area contributed by atoms with Gasteiger partial charge in [-0.2, -0.15) is 0 Å². The van der Waals surface area contributed by atoms with Gasteiger partial charge in [-0.15, -0.1) is 11.8 Å². The smallest absolute Gasteiger partial charge is 0.339 e. The van der Waals surface area contributed by atoms with Crippen LogP contribution in [0, 0.1) is 0 Å². The summed E-state index contributed by atoms with van der Waals surface area (Å²) in [6.07, 6.45) is 6.53. The molecule has 0 unspecified atom stereocenters. The average Bonchev–Trinajstić information content (AvgIpc) is 3.45. The minimum absolute atomic E-state index is 0.144. The number of anilines is 1. The van der Waals surface area contributed by atoms with E-state index < -0.39 is 0 Å². The summed E-state index contributed by atoms with van der Waals surface area (Å²) in [5.74, 6) is 0.793. The third-order valence-corrected chi connectivity index (χ3v) is 6.22. The Morgan fingerprint density at radius 2 is 2.04 bits per heavy atom. The molecule has 0 N–H and O–H groups in total. The van der Waals surface area contributed by atoms with E-state index in [1.54, 1.807) is 30.9 Å². The molecule has 0 radical (unpaired) electrons. The molecule has 1 aromatic rings. The van der Waals surface area contributed by atoms with E-state index >= 15 is 0 Å². The number of amides is 1. The maximum absolute atomic E-state index is 12.7. The molecule has 1 saturated heterocycles. The fourth-order valence-corrected chi connectivity index (χ4v) is 3.98. The van der Waals surface area contributed by atoms with Gasteiger partial charge in [0, 0.05) is 32.4 Å². The molecule has 1 saturated carbocycles. The SMILES string of the molecule is CCOC(=O)c1ccc(N2CCCN(C(=O)C3(SC)CC3)CC2)nc1. The van der Waals surface area contributed by atoms with Crippen LogP contribution in [-0.4, -0.2) is 65.5 Å². The zero-order chi connectivity index (χ0) is 17.9. The summed E-state index contributed by atoms with van der Waals surface area (Å²) < 4.78 is 4.84. The molecule has 2 fully saturated rings. The number of ether oxygens (including phenoxy) is 1. The van der Waals surface area contributed by atoms with Gasteiger partial charge in [-0.25, -0.2) is 9.78 Å². The fraction of sp³-hybridized carbons (Fsp3) is 0.611. The van der Waals surface area contributed by atoms with Crippen molar-refractivity contribution >= 4 is 29.5 Å². The van der Waals surface area contributed by atoms with Gasteiger partial charge in [-0.1, -0.05) is 0 Å². The van der Waals surface area contributed by atoms with Crippen molar-refractivity contribution in [1.29, 1.82) is 0 Å². The first kappa shape index (κ1) is 18.0. The van der Waals surface area contributed by atoms with Gasteiger partial charge in [0.1, 0.15) is 5.82 Å². The highest BCUT2D eigenvalue weighted by molar-refractivity contribution is 8.01. The van der Waals surface area contributed by atoms with E-state index in [4.69, 9.17) is 4.74 Å². The van der Waals surface area contributed by atoms with Crippen LogP contribution < -0.4 is 4.90 Å². The first-order valence-electron chi connectivity index (χ1n) is 8.82. The second-order valence-corrected chi connectivity index (χ2v) is 7.65. The van der Waals surface area contributed by atoms with Crippen molar-refractivity contribution in [1.82, 2.24) is 9.88 Å². The van der Waals surface area contributed by atoms with E-state index in [2.05, 4.69) is 9.88 Å². The van der Waals surface area contributed by atoms with E-state index in [9.17, 15) is 9.59 Å². The summed E-state index contributed by atoms with van der Waals surface area (Å²) >= 11 is 1.69. The molecule has 1 aromatic heterocycles. The number of pyridine rings is 1. The van der Waals surface area contributed by atoms with Crippen molar-refractivity contribution in [2.45, 2.75) is 30.9 Å². The molecule has 25 heavy (non-hydrogen) atoms. The molecule has 1 aliphatic carbocycles. The van der Waals surface area contributed by atoms with Crippen LogP contribution in [0.25, 0.3) is 0 Å². The van der Waals surface area contributed by atoms with E-state index in [1.807, 2.05) is 17.2 Å². The number of carbonyl (C=O) groups is 2. The molecule has 2 heterocycles. The number of hydrogen-bond donors (Lipinski definition) is 0. The zero-order valence-corrected chi connectivity index (χ0v) is 15.7. The molecular weight excluding hydrogens is 338 g/mol. The van der Waals surface area contributed by atoms with Gasteiger partial charge in [0.05, 0.1) is 16.9 Å². The maximum atomic E-state index is 12.7. The summed E-state index contributed by atoms with van der Waals surface area (Å²) in [6.45, 7) is 5.30. The monoisotopic (exact) mass is 363 g/mol. The number of hydrogen-bond acceptors (Lipinski definition) is 6. The van der Waals surface area contributed by atoms with E-state index in [0.29, 0.717) is 18.1 Å². The Bertz CT molecular complexity index is 631. The number of esters is 1. The lowest BCUT2D eigenvalue weighted by Gasteiger charge is -2.25. The summed E-state index contributed by atoms with van der Waals surface area (Å²) in [7, 11) is 0. The summed E-state index contributed by atoms with van der Waals surface area (Å²) in [5, 5.41) is 0. The van der Waals surface area contributed by atoms with Crippen LogP contribution in [-0.2, 0) is 9.53 Å². The molecule has 7 heteroatoms. The molecule has 3 rings (SSSR count). The minimum Gasteiger partial charge on any atom is -0.462 e. The molecule has 0 spiro atoms. The predicted octanol–water partition coefficient (Wildman–Crippen LogP) is 2.19. The van der Waals surface area contributed by atoms with Gasteiger partial charge in [0.25, 0.3) is 0 Å². The quantitative estimate of drug-likeness (QED) is 0.748. The predicted molar refractivity (Wildman–Crippen MR) is 99.1 cm³/mol. The lowest BCUT2D eigenvalue weighted by atomic mass is 10.2. The number of aromatic nitrogens is 1. The molecule has 1 aliphatic heterocycles. The van der Waals surface area contributed by atoms with Crippen molar-refractivity contribution in [3.63, 3.8) is 0 Å². The highest BCUT2D eigenvalue weighted by atomic mass is 32.2. The van der Waals surface area contributed by atoms with Crippen LogP contribution >= 0.6 is 11.8 Å². The van der Waals surface area contributed by atoms with Gasteiger partial charge in [0.15, 0.2) is 0 Å². The van der Waals surface area contributed by atoms with Crippen LogP contribution in [0.1, 0.15) is 36.5 Å². The summed E-state index contributed by atoms with van der Waals surface area (Å²) in [4.78, 5) is 33.0. The van der Waals surface area contributed by atoms with Crippen molar-refractivity contribution in [2.75, 3.05) is 43.9 Å². The second kappa shape index (κ2) is 7.64. The van der Waals surface area contributed by atoms with Gasteiger partial charge >= 0.3 is 5.97 Å². The zero-order valence-electron chi connectivity index (χ0n) is 14.9. The van der Waals surface area contributed by atoms with Gasteiger partial charge in [0.2, 0.25) is 5.91 Å². The summed E-state index contributed by atoms with van der Waals surface area (Å²) in [5.41, 5.74) is 0.466. The fourth-order valence-electron chi connectivity index (χ4n) is 3.16. The van der Waals surface area contributed by atoms with Crippen molar-refractivity contribution in [3.05, 3.63) is 23.9 Å². The maximum Gasteiger partial charge on any atom is 0.339 e. The Morgan fingerprint density at radius 1 is 1.24 bits per heavy atom. The Morgan fingerprint density at radius 3 is 2.64 bits per heavy atom. The molecule has 1 amide bonds. The molecule has 136 valence electrons. The molecule has 0 bridgehead atoms. The number of carbonyl (C=O) groups excluding carboxylic acids is 2. The van der Waals surface area contributed by atoms with Crippen LogP contribution in [0.3, 0.4) is 0 Å². The normalized spacial score (nSPS) is 19.3. The highest BCUT2D eigenvalue weighted by Crippen LogP contribution is 2.48. The third kappa shape index (κ3) is 3.92. The van der Waals surface area contributed by atoms with Crippen LogP contribution in [0.2, 0.25) is 0 Å². The number of nitrogens with zero attached hydrogens (tertiary/aromatic N) is 3. The van der Waals surface area contributed by atoms with E-state index in [-0.39, 0.29) is 10.7 Å². The van der Waals surface area contributed by atoms with E-state index in [0.717, 1.165) is 51.3 Å². The second-order valence-electron chi connectivity index (χ2n) is 6.46. The number of rotatable bonds is 5. The minimum atomic E-state index is -0.346. The lowest BCUT2D eigenvalue weighted by molar-refractivity contribution is -0.131. The summed E-state index contributed by atoms with van der Waals surface area (Å²) in [6, 6.07) is 3.61. The van der Waals surface area contributed by atoms with Crippen molar-refractivity contribution in [3.8, 4) is 0 Å². The standard InChI is InChI=1S/C18H25N3O3S/c1-3-24-16(22)14-5-6-15(19-13-14)20-9-4-10-21(12-11-20)17(23)18(25-2)7-8-18/h5-6,13H,3-4,7-12H2,1-2H3. The topological polar surface area (TPSA) is 62.7 Å². The Labute approximate surface area is 152 Å². The van der Waals surface area contributed by atoms with Crippen LogP contribution in [0.4, 0.5) is 5.82 Å². The lowest BCUT2D eigenvalue weighted by Crippen LogP contribution is -2.41. The molecule has 0 atom stereocenters. The Balaban J connectivity index is 1.61. The van der Waals surface area contributed by atoms with Crippen LogP contribution in [0.15, 0.2) is 18.3 Å². The first-order valence-corrected chi connectivity index (χ1v) is 10.0. The van der Waals surface area contributed by atoms with Gasteiger partial charge < -0.3 is 14.5 Å². The third-order valence-electron chi connectivity index (χ3n) is 4.85. The van der Waals surface area contributed by atoms with Crippen molar-refractivity contribution in [2.24, 2.45) is 0 Å². The number of thioether (sulfide) groups is 1. The molecule has 2 aliphatic rings. The average molecular weight is 363 g/mol.